The molecule has 0 aromatic heterocycles. The monoisotopic (exact) mass is 349 g/mol. The molecule has 2 heterocycles. The van der Waals surface area contributed by atoms with E-state index in [0.29, 0.717) is 43.4 Å². The van der Waals surface area contributed by atoms with Crippen molar-refractivity contribution in [2.45, 2.75) is 32.7 Å². The van der Waals surface area contributed by atoms with Gasteiger partial charge in [-0.1, -0.05) is 13.8 Å². The number of carbonyl (C=O) groups excluding carboxylic acids is 1. The number of likely N-dealkylation sites (tertiary alicyclic amines) is 1. The number of piperidine rings is 1. The molecule has 2 aliphatic heterocycles. The van der Waals surface area contributed by atoms with E-state index < -0.39 is 4.92 Å². The first kappa shape index (κ1) is 17.5. The van der Waals surface area contributed by atoms with Gasteiger partial charge in [0.15, 0.2) is 11.5 Å². The minimum atomic E-state index is -0.489. The standard InChI is InChI=1S/C17H23N3O5/c1-17(2)10-19(4-3-15(17)18)16(21)8-11-7-13-14(25-6-5-24-13)9-12(11)20(22)23/h7,9,15H,3-6,8,10,18H2,1-2H3. The van der Waals surface area contributed by atoms with Crippen LogP contribution < -0.4 is 15.2 Å². The third-order valence-electron chi connectivity index (χ3n) is 4.95. The second kappa shape index (κ2) is 6.51. The maximum absolute atomic E-state index is 12.7. The van der Waals surface area contributed by atoms with Crippen molar-refractivity contribution in [3.05, 3.63) is 27.8 Å². The normalized spacial score (nSPS) is 21.7. The fourth-order valence-corrected chi connectivity index (χ4v) is 3.29. The molecule has 1 aromatic carbocycles. The molecule has 25 heavy (non-hydrogen) atoms. The topological polar surface area (TPSA) is 108 Å². The zero-order chi connectivity index (χ0) is 18.2. The number of ether oxygens (including phenoxy) is 2. The number of carbonyl (C=O) groups is 1. The van der Waals surface area contributed by atoms with Gasteiger partial charge in [0.2, 0.25) is 5.91 Å². The van der Waals surface area contributed by atoms with Gasteiger partial charge in [-0.15, -0.1) is 0 Å². The number of benzene rings is 1. The summed E-state index contributed by atoms with van der Waals surface area (Å²) in [5.41, 5.74) is 6.16. The van der Waals surface area contributed by atoms with Gasteiger partial charge in [-0.2, -0.15) is 0 Å². The van der Waals surface area contributed by atoms with E-state index in [0.717, 1.165) is 6.42 Å². The van der Waals surface area contributed by atoms with E-state index in [1.54, 1.807) is 11.0 Å². The van der Waals surface area contributed by atoms with Crippen LogP contribution in [0.5, 0.6) is 11.5 Å². The Labute approximate surface area is 146 Å². The summed E-state index contributed by atoms with van der Waals surface area (Å²) in [5, 5.41) is 11.4. The first-order chi connectivity index (χ1) is 11.8. The Morgan fingerprint density at radius 3 is 2.60 bits per heavy atom. The van der Waals surface area contributed by atoms with Gasteiger partial charge < -0.3 is 20.1 Å². The highest BCUT2D eigenvalue weighted by atomic mass is 16.6. The lowest BCUT2D eigenvalue weighted by Gasteiger charge is -2.42. The molecule has 8 nitrogen and oxygen atoms in total. The van der Waals surface area contributed by atoms with Crippen LogP contribution in [0.25, 0.3) is 0 Å². The molecule has 0 saturated carbocycles. The number of rotatable bonds is 3. The summed E-state index contributed by atoms with van der Waals surface area (Å²) < 4.78 is 10.9. The molecule has 0 aliphatic carbocycles. The highest BCUT2D eigenvalue weighted by Crippen LogP contribution is 2.37. The van der Waals surface area contributed by atoms with Gasteiger partial charge in [-0.05, 0) is 17.9 Å². The van der Waals surface area contributed by atoms with E-state index in [4.69, 9.17) is 15.2 Å². The molecular weight excluding hydrogens is 326 g/mol. The Balaban J connectivity index is 1.82. The quantitative estimate of drug-likeness (QED) is 0.654. The minimum absolute atomic E-state index is 0.0418. The van der Waals surface area contributed by atoms with E-state index in [9.17, 15) is 14.9 Å². The zero-order valence-corrected chi connectivity index (χ0v) is 14.5. The zero-order valence-electron chi connectivity index (χ0n) is 14.5. The van der Waals surface area contributed by atoms with Crippen LogP contribution in [0.1, 0.15) is 25.8 Å². The van der Waals surface area contributed by atoms with E-state index in [1.807, 2.05) is 13.8 Å². The Morgan fingerprint density at radius 1 is 1.36 bits per heavy atom. The van der Waals surface area contributed by atoms with Gasteiger partial charge in [0, 0.05) is 24.7 Å². The first-order valence-corrected chi connectivity index (χ1v) is 8.38. The van der Waals surface area contributed by atoms with Crippen molar-refractivity contribution in [1.29, 1.82) is 0 Å². The van der Waals surface area contributed by atoms with Crippen molar-refractivity contribution in [3.8, 4) is 11.5 Å². The van der Waals surface area contributed by atoms with Crippen LogP contribution in [-0.4, -0.2) is 48.1 Å². The number of hydrogen-bond donors (Lipinski definition) is 1. The molecule has 136 valence electrons. The summed E-state index contributed by atoms with van der Waals surface area (Å²) in [6.45, 7) is 5.92. The fraction of sp³-hybridized carbons (Fsp3) is 0.588. The summed E-state index contributed by atoms with van der Waals surface area (Å²) in [7, 11) is 0. The van der Waals surface area contributed by atoms with Crippen LogP contribution in [0.4, 0.5) is 5.69 Å². The SMILES string of the molecule is CC1(C)CN(C(=O)Cc2cc3c(cc2[N+](=O)[O-])OCCO3)CCC1N. The Bertz CT molecular complexity index is 704. The van der Waals surface area contributed by atoms with E-state index in [2.05, 4.69) is 0 Å². The molecule has 2 N–H and O–H groups in total. The van der Waals surface area contributed by atoms with Gasteiger partial charge in [0.25, 0.3) is 5.69 Å². The van der Waals surface area contributed by atoms with Gasteiger partial charge >= 0.3 is 0 Å². The molecule has 0 spiro atoms. The van der Waals surface area contributed by atoms with Crippen molar-refractivity contribution in [2.24, 2.45) is 11.1 Å². The molecule has 1 atom stereocenters. The minimum Gasteiger partial charge on any atom is -0.486 e. The van der Waals surface area contributed by atoms with Crippen molar-refractivity contribution >= 4 is 11.6 Å². The lowest BCUT2D eigenvalue weighted by atomic mass is 9.79. The smallest absolute Gasteiger partial charge is 0.277 e. The predicted molar refractivity (Wildman–Crippen MR) is 90.7 cm³/mol. The number of nitro groups is 1. The average Bonchev–Trinajstić information content (AvgIpc) is 2.56. The number of fused-ring (bicyclic) bond motifs is 1. The van der Waals surface area contributed by atoms with E-state index >= 15 is 0 Å². The maximum atomic E-state index is 12.7. The highest BCUT2D eigenvalue weighted by molar-refractivity contribution is 5.80. The Hall–Kier alpha value is -2.35. The maximum Gasteiger partial charge on any atom is 0.277 e. The molecule has 1 amide bonds. The van der Waals surface area contributed by atoms with Crippen LogP contribution in [-0.2, 0) is 11.2 Å². The number of nitrogens with zero attached hydrogens (tertiary/aromatic N) is 2. The molecule has 8 heteroatoms. The van der Waals surface area contributed by atoms with Crippen LogP contribution in [0.3, 0.4) is 0 Å². The highest BCUT2D eigenvalue weighted by Gasteiger charge is 2.36. The van der Waals surface area contributed by atoms with E-state index in [1.165, 1.54) is 6.07 Å². The predicted octanol–water partition coefficient (Wildman–Crippen LogP) is 1.49. The van der Waals surface area contributed by atoms with Crippen molar-refractivity contribution < 1.29 is 19.2 Å². The number of nitrogens with two attached hydrogens (primary N) is 1. The molecule has 0 bridgehead atoms. The third-order valence-corrected chi connectivity index (χ3v) is 4.95. The summed E-state index contributed by atoms with van der Waals surface area (Å²) in [4.78, 5) is 25.3. The lowest BCUT2D eigenvalue weighted by Crippen LogP contribution is -2.54. The molecule has 3 rings (SSSR count). The third kappa shape index (κ3) is 3.53. The number of hydrogen-bond acceptors (Lipinski definition) is 6. The molecule has 1 saturated heterocycles. The van der Waals surface area contributed by atoms with Crippen molar-refractivity contribution in [2.75, 3.05) is 26.3 Å². The van der Waals surface area contributed by atoms with Gasteiger partial charge in [0.05, 0.1) is 17.4 Å². The number of amides is 1. The second-order valence-corrected chi connectivity index (χ2v) is 7.26. The second-order valence-electron chi connectivity index (χ2n) is 7.26. The Kier molecular flexibility index (Phi) is 4.55. The Morgan fingerprint density at radius 2 is 2.00 bits per heavy atom. The van der Waals surface area contributed by atoms with Gasteiger partial charge in [-0.25, -0.2) is 0 Å². The molecular formula is C17H23N3O5. The number of nitro benzene ring substituents is 1. The summed E-state index contributed by atoms with van der Waals surface area (Å²) in [6, 6.07) is 2.93. The van der Waals surface area contributed by atoms with Crippen LogP contribution in [0, 0.1) is 15.5 Å². The molecule has 1 unspecified atom stereocenters. The molecule has 2 aliphatic rings. The molecule has 0 radical (unpaired) electrons. The lowest BCUT2D eigenvalue weighted by molar-refractivity contribution is -0.385. The van der Waals surface area contributed by atoms with Crippen LogP contribution in [0.2, 0.25) is 0 Å². The fourth-order valence-electron chi connectivity index (χ4n) is 3.29. The van der Waals surface area contributed by atoms with Crippen molar-refractivity contribution in [3.63, 3.8) is 0 Å². The summed E-state index contributed by atoms with van der Waals surface area (Å²) >= 11 is 0. The van der Waals surface area contributed by atoms with Crippen LogP contribution >= 0.6 is 0 Å². The molecule has 1 fully saturated rings. The molecule has 1 aromatic rings. The van der Waals surface area contributed by atoms with Crippen molar-refractivity contribution in [1.82, 2.24) is 4.90 Å². The average molecular weight is 349 g/mol. The van der Waals surface area contributed by atoms with Gasteiger partial charge in [0.1, 0.15) is 13.2 Å². The van der Waals surface area contributed by atoms with Crippen LogP contribution in [0.15, 0.2) is 12.1 Å². The van der Waals surface area contributed by atoms with Gasteiger partial charge in [-0.3, -0.25) is 14.9 Å². The largest absolute Gasteiger partial charge is 0.486 e. The summed E-state index contributed by atoms with van der Waals surface area (Å²) in [5.74, 6) is 0.652. The first-order valence-electron chi connectivity index (χ1n) is 8.38. The summed E-state index contributed by atoms with van der Waals surface area (Å²) in [6.07, 6.45) is 0.681. The van der Waals surface area contributed by atoms with E-state index in [-0.39, 0.29) is 29.5 Å².